The molecule has 0 amide bonds. The zero-order valence-corrected chi connectivity index (χ0v) is 11.6. The molecular weight excluding hydrogens is 267 g/mol. The van der Waals surface area contributed by atoms with Crippen molar-refractivity contribution in [2.24, 2.45) is 12.9 Å². The predicted molar refractivity (Wildman–Crippen MR) is 73.1 cm³/mol. The molecule has 0 bridgehead atoms. The Bertz CT molecular complexity index is 582. The lowest BCUT2D eigenvalue weighted by molar-refractivity contribution is 0.528. The van der Waals surface area contributed by atoms with Gasteiger partial charge in [-0.3, -0.25) is 16.0 Å². The van der Waals surface area contributed by atoms with Crippen molar-refractivity contribution in [1.82, 2.24) is 15.2 Å². The van der Waals surface area contributed by atoms with Crippen LogP contribution in [0.2, 0.25) is 5.02 Å². The van der Waals surface area contributed by atoms with E-state index in [1.165, 1.54) is 6.07 Å². The Morgan fingerprint density at radius 2 is 2.21 bits per heavy atom. The third-order valence-corrected chi connectivity index (χ3v) is 3.35. The van der Waals surface area contributed by atoms with E-state index in [-0.39, 0.29) is 11.1 Å². The van der Waals surface area contributed by atoms with Crippen LogP contribution in [0.4, 0.5) is 4.39 Å². The zero-order valence-electron chi connectivity index (χ0n) is 10.8. The number of halogens is 2. The van der Waals surface area contributed by atoms with Crippen molar-refractivity contribution in [3.63, 3.8) is 0 Å². The van der Waals surface area contributed by atoms with Gasteiger partial charge in [0.05, 0.1) is 16.8 Å². The molecule has 0 radical (unpaired) electrons. The lowest BCUT2D eigenvalue weighted by Gasteiger charge is -2.16. The Balaban J connectivity index is 2.24. The van der Waals surface area contributed by atoms with Gasteiger partial charge in [0.1, 0.15) is 5.82 Å². The van der Waals surface area contributed by atoms with E-state index in [2.05, 4.69) is 10.5 Å². The molecule has 1 atom stereocenters. The lowest BCUT2D eigenvalue weighted by Crippen LogP contribution is -2.30. The molecule has 1 aromatic heterocycles. The SMILES string of the molecule is Cc1cc(CC(NN)c2ccc(F)c(Cl)c2)n(C)n1. The number of aromatic nitrogens is 2. The minimum Gasteiger partial charge on any atom is -0.272 e. The highest BCUT2D eigenvalue weighted by atomic mass is 35.5. The van der Waals surface area contributed by atoms with Crippen molar-refractivity contribution in [2.45, 2.75) is 19.4 Å². The fourth-order valence-electron chi connectivity index (χ4n) is 2.07. The van der Waals surface area contributed by atoms with E-state index >= 15 is 0 Å². The third-order valence-electron chi connectivity index (χ3n) is 3.06. The summed E-state index contributed by atoms with van der Waals surface area (Å²) in [5.74, 6) is 5.15. The second-order valence-corrected chi connectivity index (χ2v) is 4.90. The summed E-state index contributed by atoms with van der Waals surface area (Å²) in [5.41, 5.74) is 5.56. The molecule has 6 heteroatoms. The lowest BCUT2D eigenvalue weighted by atomic mass is 10.0. The van der Waals surface area contributed by atoms with E-state index in [1.807, 2.05) is 24.7 Å². The average molecular weight is 283 g/mol. The summed E-state index contributed by atoms with van der Waals surface area (Å²) in [6.07, 6.45) is 0.649. The number of benzene rings is 1. The summed E-state index contributed by atoms with van der Waals surface area (Å²) in [6.45, 7) is 1.93. The van der Waals surface area contributed by atoms with Crippen LogP contribution in [0.25, 0.3) is 0 Å². The molecule has 0 fully saturated rings. The van der Waals surface area contributed by atoms with Crippen molar-refractivity contribution >= 4 is 11.6 Å². The van der Waals surface area contributed by atoms with Gasteiger partial charge in [-0.15, -0.1) is 0 Å². The Morgan fingerprint density at radius 3 is 2.74 bits per heavy atom. The van der Waals surface area contributed by atoms with Crippen molar-refractivity contribution in [3.05, 3.63) is 52.1 Å². The Labute approximate surface area is 116 Å². The van der Waals surface area contributed by atoms with Crippen LogP contribution < -0.4 is 11.3 Å². The Morgan fingerprint density at radius 1 is 1.47 bits per heavy atom. The van der Waals surface area contributed by atoms with Crippen LogP contribution in [-0.2, 0) is 13.5 Å². The van der Waals surface area contributed by atoms with Gasteiger partial charge in [-0.05, 0) is 30.7 Å². The van der Waals surface area contributed by atoms with E-state index in [4.69, 9.17) is 17.4 Å². The predicted octanol–water partition coefficient (Wildman–Crippen LogP) is 2.27. The van der Waals surface area contributed by atoms with Crippen LogP contribution in [0.15, 0.2) is 24.3 Å². The van der Waals surface area contributed by atoms with E-state index in [1.54, 1.807) is 12.1 Å². The van der Waals surface area contributed by atoms with Crippen LogP contribution in [0.1, 0.15) is 23.0 Å². The van der Waals surface area contributed by atoms with Gasteiger partial charge in [-0.2, -0.15) is 5.10 Å². The normalized spacial score (nSPS) is 12.7. The molecule has 2 rings (SSSR count). The Kier molecular flexibility index (Phi) is 4.19. The molecule has 0 spiro atoms. The molecule has 3 N–H and O–H groups in total. The molecule has 0 aliphatic rings. The molecule has 1 heterocycles. The number of nitrogens with one attached hydrogen (secondary N) is 1. The minimum atomic E-state index is -0.433. The standard InChI is InChI=1S/C13H16ClFN4/c1-8-5-10(19(2)18-8)7-13(17-16)9-3-4-12(15)11(14)6-9/h3-6,13,17H,7,16H2,1-2H3. The molecule has 19 heavy (non-hydrogen) atoms. The topological polar surface area (TPSA) is 55.9 Å². The van der Waals surface area contributed by atoms with E-state index in [0.717, 1.165) is 17.0 Å². The van der Waals surface area contributed by atoms with Crippen LogP contribution in [0, 0.1) is 12.7 Å². The van der Waals surface area contributed by atoms with Crippen molar-refractivity contribution in [1.29, 1.82) is 0 Å². The van der Waals surface area contributed by atoms with Crippen LogP contribution >= 0.6 is 11.6 Å². The van der Waals surface area contributed by atoms with Crippen LogP contribution in [0.3, 0.4) is 0 Å². The van der Waals surface area contributed by atoms with Gasteiger partial charge in [0.2, 0.25) is 0 Å². The van der Waals surface area contributed by atoms with Crippen molar-refractivity contribution in [3.8, 4) is 0 Å². The van der Waals surface area contributed by atoms with Crippen LogP contribution in [0.5, 0.6) is 0 Å². The number of hydrazine groups is 1. The molecule has 102 valence electrons. The summed E-state index contributed by atoms with van der Waals surface area (Å²) in [6, 6.07) is 6.46. The number of hydrogen-bond donors (Lipinski definition) is 2. The highest BCUT2D eigenvalue weighted by Gasteiger charge is 2.15. The molecule has 0 saturated heterocycles. The summed E-state index contributed by atoms with van der Waals surface area (Å²) in [7, 11) is 1.88. The number of nitrogens with two attached hydrogens (primary N) is 1. The molecular formula is C13H16ClFN4. The first kappa shape index (κ1) is 14.0. The van der Waals surface area contributed by atoms with Gasteiger partial charge in [0.15, 0.2) is 0 Å². The number of hydrogen-bond acceptors (Lipinski definition) is 3. The first-order chi connectivity index (χ1) is 9.01. The van der Waals surface area contributed by atoms with Crippen molar-refractivity contribution in [2.75, 3.05) is 0 Å². The van der Waals surface area contributed by atoms with E-state index in [9.17, 15) is 4.39 Å². The molecule has 1 unspecified atom stereocenters. The summed E-state index contributed by atoms with van der Waals surface area (Å²) >= 11 is 5.79. The third kappa shape index (κ3) is 3.12. The molecule has 0 aliphatic heterocycles. The van der Waals surface area contributed by atoms with Gasteiger partial charge >= 0.3 is 0 Å². The highest BCUT2D eigenvalue weighted by molar-refractivity contribution is 6.30. The molecule has 4 nitrogen and oxygen atoms in total. The van der Waals surface area contributed by atoms with Gasteiger partial charge in [0.25, 0.3) is 0 Å². The number of rotatable bonds is 4. The van der Waals surface area contributed by atoms with Gasteiger partial charge < -0.3 is 0 Å². The van der Waals surface area contributed by atoms with Crippen LogP contribution in [-0.4, -0.2) is 9.78 Å². The van der Waals surface area contributed by atoms with Crippen molar-refractivity contribution < 1.29 is 4.39 Å². The average Bonchev–Trinajstić information content (AvgIpc) is 2.68. The largest absolute Gasteiger partial charge is 0.272 e. The van der Waals surface area contributed by atoms with E-state index < -0.39 is 5.82 Å². The second kappa shape index (κ2) is 5.69. The summed E-state index contributed by atoms with van der Waals surface area (Å²) in [4.78, 5) is 0. The molecule has 2 aromatic rings. The van der Waals surface area contributed by atoms with Gasteiger partial charge in [-0.25, -0.2) is 4.39 Å². The quantitative estimate of drug-likeness (QED) is 0.668. The monoisotopic (exact) mass is 282 g/mol. The maximum Gasteiger partial charge on any atom is 0.141 e. The van der Waals surface area contributed by atoms with Gasteiger partial charge in [0, 0.05) is 19.2 Å². The molecule has 0 saturated carbocycles. The number of aryl methyl sites for hydroxylation is 2. The maximum atomic E-state index is 13.2. The zero-order chi connectivity index (χ0) is 14.0. The van der Waals surface area contributed by atoms with E-state index in [0.29, 0.717) is 6.42 Å². The Hall–Kier alpha value is -1.43. The summed E-state index contributed by atoms with van der Waals surface area (Å²) < 4.78 is 15.0. The fraction of sp³-hybridized carbons (Fsp3) is 0.308. The molecule has 1 aromatic carbocycles. The maximum absolute atomic E-state index is 13.2. The second-order valence-electron chi connectivity index (χ2n) is 4.50. The highest BCUT2D eigenvalue weighted by Crippen LogP contribution is 2.23. The van der Waals surface area contributed by atoms with Gasteiger partial charge in [-0.1, -0.05) is 17.7 Å². The molecule has 0 aliphatic carbocycles. The first-order valence-corrected chi connectivity index (χ1v) is 6.29. The summed E-state index contributed by atoms with van der Waals surface area (Å²) in [5, 5.41) is 4.38. The minimum absolute atomic E-state index is 0.0962. The number of nitrogens with zero attached hydrogens (tertiary/aromatic N) is 2. The smallest absolute Gasteiger partial charge is 0.141 e. The first-order valence-electron chi connectivity index (χ1n) is 5.92. The fourth-order valence-corrected chi connectivity index (χ4v) is 2.26.